The van der Waals surface area contributed by atoms with Crippen LogP contribution in [0, 0.1) is 5.92 Å². The second-order valence-electron chi connectivity index (χ2n) is 5.76. The molecule has 1 aliphatic heterocycles. The Kier molecular flexibility index (Phi) is 4.93. The van der Waals surface area contributed by atoms with Crippen molar-refractivity contribution in [3.05, 3.63) is 23.4 Å². The van der Waals surface area contributed by atoms with E-state index >= 15 is 0 Å². The number of halogens is 3. The average molecular weight is 315 g/mol. The molecule has 0 atom stereocenters. The molecule has 0 bridgehead atoms. The molecule has 2 rings (SSSR count). The highest BCUT2D eigenvalue weighted by molar-refractivity contribution is 5.73. The molecular weight excluding hydrogens is 295 g/mol. The molecule has 1 saturated heterocycles. The minimum atomic E-state index is -4.47. The van der Waals surface area contributed by atoms with Crippen LogP contribution < -0.4 is 10.2 Å². The van der Waals surface area contributed by atoms with Crippen LogP contribution in [0.15, 0.2) is 12.1 Å². The van der Waals surface area contributed by atoms with E-state index in [4.69, 9.17) is 0 Å². The number of amides is 1. The number of aromatic nitrogens is 1. The minimum Gasteiger partial charge on any atom is -0.356 e. The van der Waals surface area contributed by atoms with Crippen molar-refractivity contribution >= 4 is 11.7 Å². The Morgan fingerprint density at radius 1 is 1.36 bits per heavy atom. The quantitative estimate of drug-likeness (QED) is 0.933. The third kappa shape index (κ3) is 4.11. The summed E-state index contributed by atoms with van der Waals surface area (Å²) in [5, 5.41) is 2.62. The monoisotopic (exact) mass is 315 g/mol. The summed E-state index contributed by atoms with van der Waals surface area (Å²) in [6.45, 7) is 5.06. The predicted octanol–water partition coefficient (Wildman–Crippen LogP) is 2.97. The van der Waals surface area contributed by atoms with Gasteiger partial charge in [-0.1, -0.05) is 13.0 Å². The van der Waals surface area contributed by atoms with E-state index in [1.165, 1.54) is 13.0 Å². The van der Waals surface area contributed by atoms with Gasteiger partial charge in [0.05, 0.1) is 0 Å². The number of hydrogen-bond donors (Lipinski definition) is 1. The van der Waals surface area contributed by atoms with Gasteiger partial charge in [0.2, 0.25) is 5.91 Å². The summed E-state index contributed by atoms with van der Waals surface area (Å²) in [6.07, 6.45) is -2.61. The maximum Gasteiger partial charge on any atom is 0.433 e. The SMILES string of the molecule is CC(=O)NCc1ccc(C(F)(F)F)nc1N1CCC(C)CC1. The summed E-state index contributed by atoms with van der Waals surface area (Å²) < 4.78 is 38.7. The lowest BCUT2D eigenvalue weighted by molar-refractivity contribution is -0.141. The molecule has 0 unspecified atom stereocenters. The fourth-order valence-electron chi connectivity index (χ4n) is 2.49. The molecule has 1 aromatic heterocycles. The molecule has 0 saturated carbocycles. The van der Waals surface area contributed by atoms with E-state index < -0.39 is 11.9 Å². The summed E-state index contributed by atoms with van der Waals surface area (Å²) >= 11 is 0. The fourth-order valence-corrected chi connectivity index (χ4v) is 2.49. The van der Waals surface area contributed by atoms with Crippen LogP contribution in [-0.4, -0.2) is 24.0 Å². The van der Waals surface area contributed by atoms with Gasteiger partial charge in [-0.05, 0) is 24.8 Å². The number of anilines is 1. The summed E-state index contributed by atoms with van der Waals surface area (Å²) in [4.78, 5) is 16.8. The van der Waals surface area contributed by atoms with Crippen LogP contribution in [0.2, 0.25) is 0 Å². The van der Waals surface area contributed by atoms with E-state index in [1.54, 1.807) is 0 Å². The molecule has 0 radical (unpaired) electrons. The Morgan fingerprint density at radius 3 is 2.55 bits per heavy atom. The van der Waals surface area contributed by atoms with Gasteiger partial charge < -0.3 is 10.2 Å². The number of nitrogens with zero attached hydrogens (tertiary/aromatic N) is 2. The van der Waals surface area contributed by atoms with Crippen molar-refractivity contribution in [2.45, 2.75) is 39.4 Å². The van der Waals surface area contributed by atoms with Crippen LogP contribution in [-0.2, 0) is 17.5 Å². The van der Waals surface area contributed by atoms with Crippen LogP contribution in [0.1, 0.15) is 37.9 Å². The van der Waals surface area contributed by atoms with Gasteiger partial charge in [-0.25, -0.2) is 4.98 Å². The fraction of sp³-hybridized carbons (Fsp3) is 0.600. The second-order valence-corrected chi connectivity index (χ2v) is 5.76. The number of nitrogens with one attached hydrogen (secondary N) is 1. The molecule has 1 aromatic rings. The molecule has 1 fully saturated rings. The summed E-state index contributed by atoms with van der Waals surface area (Å²) in [5.74, 6) is 0.675. The topological polar surface area (TPSA) is 45.2 Å². The summed E-state index contributed by atoms with van der Waals surface area (Å²) in [6, 6.07) is 2.37. The Bertz CT molecular complexity index is 537. The van der Waals surface area contributed by atoms with Gasteiger partial charge in [0, 0.05) is 32.1 Å². The molecule has 122 valence electrons. The van der Waals surface area contributed by atoms with Crippen LogP contribution in [0.25, 0.3) is 0 Å². The summed E-state index contributed by atoms with van der Waals surface area (Å²) in [7, 11) is 0. The van der Waals surface area contributed by atoms with E-state index in [-0.39, 0.29) is 12.5 Å². The van der Waals surface area contributed by atoms with E-state index in [2.05, 4.69) is 17.2 Å². The highest BCUT2D eigenvalue weighted by atomic mass is 19.4. The van der Waals surface area contributed by atoms with Crippen molar-refractivity contribution in [1.29, 1.82) is 0 Å². The van der Waals surface area contributed by atoms with Gasteiger partial charge in [0.15, 0.2) is 0 Å². The van der Waals surface area contributed by atoms with Crippen molar-refractivity contribution in [3.63, 3.8) is 0 Å². The summed E-state index contributed by atoms with van der Waals surface area (Å²) in [5.41, 5.74) is -0.287. The van der Waals surface area contributed by atoms with Gasteiger partial charge in [0.25, 0.3) is 0 Å². The van der Waals surface area contributed by atoms with Crippen molar-refractivity contribution < 1.29 is 18.0 Å². The zero-order chi connectivity index (χ0) is 16.3. The van der Waals surface area contributed by atoms with Crippen molar-refractivity contribution in [2.24, 2.45) is 5.92 Å². The van der Waals surface area contributed by atoms with E-state index in [0.29, 0.717) is 30.4 Å². The number of alkyl halides is 3. The minimum absolute atomic E-state index is 0.182. The van der Waals surface area contributed by atoms with Gasteiger partial charge in [-0.2, -0.15) is 13.2 Å². The number of carbonyl (C=O) groups excluding carboxylic acids is 1. The zero-order valence-electron chi connectivity index (χ0n) is 12.7. The molecule has 4 nitrogen and oxygen atoms in total. The van der Waals surface area contributed by atoms with Crippen molar-refractivity contribution in [1.82, 2.24) is 10.3 Å². The van der Waals surface area contributed by atoms with E-state index in [0.717, 1.165) is 18.9 Å². The van der Waals surface area contributed by atoms with E-state index in [9.17, 15) is 18.0 Å². The highest BCUT2D eigenvalue weighted by Gasteiger charge is 2.34. The normalized spacial score (nSPS) is 16.7. The van der Waals surface area contributed by atoms with Gasteiger partial charge in [-0.15, -0.1) is 0 Å². The lowest BCUT2D eigenvalue weighted by Gasteiger charge is -2.33. The van der Waals surface area contributed by atoms with Crippen LogP contribution >= 0.6 is 0 Å². The third-order valence-electron chi connectivity index (χ3n) is 3.86. The molecule has 0 spiro atoms. The van der Waals surface area contributed by atoms with Gasteiger partial charge in [-0.3, -0.25) is 4.79 Å². The van der Waals surface area contributed by atoms with Crippen LogP contribution in [0.5, 0.6) is 0 Å². The third-order valence-corrected chi connectivity index (χ3v) is 3.86. The Morgan fingerprint density at radius 2 is 2.00 bits per heavy atom. The van der Waals surface area contributed by atoms with Crippen molar-refractivity contribution in [3.8, 4) is 0 Å². The highest BCUT2D eigenvalue weighted by Crippen LogP contribution is 2.32. The van der Waals surface area contributed by atoms with Crippen molar-refractivity contribution in [2.75, 3.05) is 18.0 Å². The number of hydrogen-bond acceptors (Lipinski definition) is 3. The molecule has 1 amide bonds. The standard InChI is InChI=1S/C15H20F3N3O/c1-10-5-7-21(8-6-10)14-12(9-19-11(2)22)3-4-13(20-14)15(16,17)18/h3-4,10H,5-9H2,1-2H3,(H,19,22). The predicted molar refractivity (Wildman–Crippen MR) is 77.4 cm³/mol. The lowest BCUT2D eigenvalue weighted by Crippen LogP contribution is -2.35. The van der Waals surface area contributed by atoms with Crippen LogP contribution in [0.4, 0.5) is 19.0 Å². The first-order valence-corrected chi connectivity index (χ1v) is 7.34. The first-order chi connectivity index (χ1) is 10.3. The largest absolute Gasteiger partial charge is 0.433 e. The number of piperidine rings is 1. The lowest BCUT2D eigenvalue weighted by atomic mass is 9.99. The van der Waals surface area contributed by atoms with Gasteiger partial charge >= 0.3 is 6.18 Å². The number of carbonyl (C=O) groups is 1. The molecule has 1 N–H and O–H groups in total. The molecular formula is C15H20F3N3O. The zero-order valence-corrected chi connectivity index (χ0v) is 12.7. The maximum atomic E-state index is 12.9. The molecule has 1 aliphatic rings. The number of rotatable bonds is 3. The molecule has 7 heteroatoms. The maximum absolute atomic E-state index is 12.9. The molecule has 22 heavy (non-hydrogen) atoms. The smallest absolute Gasteiger partial charge is 0.356 e. The average Bonchev–Trinajstić information content (AvgIpc) is 2.45. The van der Waals surface area contributed by atoms with Crippen LogP contribution in [0.3, 0.4) is 0 Å². The number of pyridine rings is 1. The first kappa shape index (κ1) is 16.6. The molecule has 0 aromatic carbocycles. The molecule has 2 heterocycles. The Balaban J connectivity index is 2.30. The van der Waals surface area contributed by atoms with E-state index in [1.807, 2.05) is 4.90 Å². The molecule has 0 aliphatic carbocycles. The van der Waals surface area contributed by atoms with Gasteiger partial charge in [0.1, 0.15) is 11.5 Å². The Hall–Kier alpha value is -1.79. The Labute approximate surface area is 127 Å². The second kappa shape index (κ2) is 6.54. The first-order valence-electron chi connectivity index (χ1n) is 7.34.